The summed E-state index contributed by atoms with van der Waals surface area (Å²) in [5.41, 5.74) is 2.25. The molecule has 2 heteroatoms. The quantitative estimate of drug-likeness (QED) is 0.398. The summed E-state index contributed by atoms with van der Waals surface area (Å²) >= 11 is 0. The van der Waals surface area contributed by atoms with Gasteiger partial charge in [-0.25, -0.2) is 4.39 Å². The zero-order chi connectivity index (χ0) is 22.3. The molecule has 1 aromatic rings. The molecule has 32 heavy (non-hydrogen) atoms. The Kier molecular flexibility index (Phi) is 9.09. The second-order valence-electron chi connectivity index (χ2n) is 11.5. The molecule has 0 saturated heterocycles. The van der Waals surface area contributed by atoms with Crippen molar-refractivity contribution in [1.82, 2.24) is 5.32 Å². The largest absolute Gasteiger partial charge is 0.317 e. The Labute approximate surface area is 197 Å². The predicted octanol–water partition coefficient (Wildman–Crippen LogP) is 8.73. The SMILES string of the molecule is CCCCCC1CCC(C2CCC(c3ccc(C4CCC(NC)CC4)cc3F)CC2)CC1. The topological polar surface area (TPSA) is 12.0 Å². The number of hydrogen-bond donors (Lipinski definition) is 1. The van der Waals surface area contributed by atoms with E-state index in [2.05, 4.69) is 31.4 Å². The van der Waals surface area contributed by atoms with E-state index in [1.165, 1.54) is 108 Å². The van der Waals surface area contributed by atoms with E-state index in [1.807, 2.05) is 6.07 Å². The van der Waals surface area contributed by atoms with Gasteiger partial charge in [-0.05, 0) is 118 Å². The third-order valence-electron chi connectivity index (χ3n) is 9.62. The summed E-state index contributed by atoms with van der Waals surface area (Å²) in [6, 6.07) is 6.96. The summed E-state index contributed by atoms with van der Waals surface area (Å²) in [5, 5.41) is 3.40. The normalized spacial score (nSPS) is 33.8. The molecule has 0 heterocycles. The molecule has 0 unspecified atom stereocenters. The van der Waals surface area contributed by atoms with Gasteiger partial charge in [0.05, 0.1) is 0 Å². The van der Waals surface area contributed by atoms with Crippen LogP contribution in [0.5, 0.6) is 0 Å². The molecule has 0 bridgehead atoms. The van der Waals surface area contributed by atoms with Crippen LogP contribution in [0.2, 0.25) is 0 Å². The Morgan fingerprint density at radius 1 is 0.781 bits per heavy atom. The Bertz CT molecular complexity index is 676. The molecule has 3 aliphatic carbocycles. The van der Waals surface area contributed by atoms with E-state index in [4.69, 9.17) is 0 Å². The Morgan fingerprint density at radius 3 is 2.00 bits per heavy atom. The average Bonchev–Trinajstić information content (AvgIpc) is 2.85. The fourth-order valence-electron chi connectivity index (χ4n) is 7.38. The average molecular weight is 442 g/mol. The molecule has 3 aliphatic rings. The molecule has 1 nitrogen and oxygen atoms in total. The molecule has 0 atom stereocenters. The lowest BCUT2D eigenvalue weighted by Gasteiger charge is -2.38. The highest BCUT2D eigenvalue weighted by atomic mass is 19.1. The molecule has 0 amide bonds. The van der Waals surface area contributed by atoms with Crippen LogP contribution >= 0.6 is 0 Å². The van der Waals surface area contributed by atoms with Crippen molar-refractivity contribution in [3.8, 4) is 0 Å². The number of benzene rings is 1. The smallest absolute Gasteiger partial charge is 0.126 e. The zero-order valence-corrected chi connectivity index (χ0v) is 20.9. The van der Waals surface area contributed by atoms with Crippen LogP contribution < -0.4 is 5.32 Å². The van der Waals surface area contributed by atoms with Crippen LogP contribution in [-0.2, 0) is 0 Å². The first kappa shape index (κ1) is 24.2. The van der Waals surface area contributed by atoms with Crippen LogP contribution in [0, 0.1) is 23.6 Å². The van der Waals surface area contributed by atoms with Crippen LogP contribution in [-0.4, -0.2) is 13.1 Å². The Morgan fingerprint density at radius 2 is 1.41 bits per heavy atom. The molecule has 1 aromatic carbocycles. The van der Waals surface area contributed by atoms with Crippen LogP contribution in [0.3, 0.4) is 0 Å². The lowest BCUT2D eigenvalue weighted by atomic mass is 9.68. The highest BCUT2D eigenvalue weighted by Gasteiger charge is 2.32. The van der Waals surface area contributed by atoms with Crippen LogP contribution in [0.1, 0.15) is 133 Å². The van der Waals surface area contributed by atoms with E-state index < -0.39 is 0 Å². The van der Waals surface area contributed by atoms with Crippen molar-refractivity contribution >= 4 is 0 Å². The summed E-state index contributed by atoms with van der Waals surface area (Å²) < 4.78 is 15.1. The predicted molar refractivity (Wildman–Crippen MR) is 135 cm³/mol. The van der Waals surface area contributed by atoms with Gasteiger partial charge in [-0.3, -0.25) is 0 Å². The number of rotatable bonds is 8. The minimum atomic E-state index is 0.0780. The lowest BCUT2D eigenvalue weighted by molar-refractivity contribution is 0.155. The first-order chi connectivity index (χ1) is 15.7. The second-order valence-corrected chi connectivity index (χ2v) is 11.5. The van der Waals surface area contributed by atoms with Crippen molar-refractivity contribution in [3.63, 3.8) is 0 Å². The molecule has 0 aromatic heterocycles. The van der Waals surface area contributed by atoms with Crippen LogP contribution in [0.4, 0.5) is 4.39 Å². The van der Waals surface area contributed by atoms with Gasteiger partial charge in [-0.2, -0.15) is 0 Å². The zero-order valence-electron chi connectivity index (χ0n) is 20.9. The summed E-state index contributed by atoms with van der Waals surface area (Å²) in [7, 11) is 2.06. The Balaban J connectivity index is 1.24. The minimum Gasteiger partial charge on any atom is -0.317 e. The number of halogens is 1. The Hall–Kier alpha value is -0.890. The van der Waals surface area contributed by atoms with Crippen molar-refractivity contribution in [2.24, 2.45) is 17.8 Å². The molecule has 3 saturated carbocycles. The maximum atomic E-state index is 15.1. The van der Waals surface area contributed by atoms with E-state index in [0.29, 0.717) is 17.9 Å². The van der Waals surface area contributed by atoms with Crippen LogP contribution in [0.15, 0.2) is 18.2 Å². The first-order valence-electron chi connectivity index (χ1n) is 14.1. The van der Waals surface area contributed by atoms with E-state index in [9.17, 15) is 0 Å². The van der Waals surface area contributed by atoms with Gasteiger partial charge >= 0.3 is 0 Å². The molecule has 4 rings (SSSR count). The van der Waals surface area contributed by atoms with E-state index >= 15 is 4.39 Å². The third-order valence-corrected chi connectivity index (χ3v) is 9.62. The number of unbranched alkanes of at least 4 members (excludes halogenated alkanes) is 2. The first-order valence-corrected chi connectivity index (χ1v) is 14.1. The van der Waals surface area contributed by atoms with Gasteiger partial charge in [-0.15, -0.1) is 0 Å². The van der Waals surface area contributed by atoms with E-state index in [-0.39, 0.29) is 5.82 Å². The molecular formula is C30H48FN. The molecular weight excluding hydrogens is 393 g/mol. The lowest BCUT2D eigenvalue weighted by Crippen LogP contribution is -2.29. The van der Waals surface area contributed by atoms with Crippen molar-refractivity contribution in [3.05, 3.63) is 35.1 Å². The van der Waals surface area contributed by atoms with E-state index in [0.717, 1.165) is 23.3 Å². The molecule has 1 N–H and O–H groups in total. The summed E-state index contributed by atoms with van der Waals surface area (Å²) in [5.74, 6) is 3.96. The van der Waals surface area contributed by atoms with Crippen molar-refractivity contribution in [1.29, 1.82) is 0 Å². The third kappa shape index (κ3) is 6.16. The van der Waals surface area contributed by atoms with Crippen molar-refractivity contribution in [2.75, 3.05) is 7.05 Å². The van der Waals surface area contributed by atoms with E-state index in [1.54, 1.807) is 0 Å². The monoisotopic (exact) mass is 441 g/mol. The molecule has 3 fully saturated rings. The highest BCUT2D eigenvalue weighted by Crippen LogP contribution is 2.45. The number of nitrogens with one attached hydrogen (secondary N) is 1. The second kappa shape index (κ2) is 12.0. The molecule has 0 radical (unpaired) electrons. The van der Waals surface area contributed by atoms with Crippen molar-refractivity contribution in [2.45, 2.75) is 128 Å². The number of hydrogen-bond acceptors (Lipinski definition) is 1. The highest BCUT2D eigenvalue weighted by molar-refractivity contribution is 5.30. The molecule has 0 spiro atoms. The standard InChI is InChI=1S/C30H48FN/c1-3-4-5-6-22-7-9-23(10-8-22)24-11-13-26(14-12-24)29-20-17-27(21-30(29)31)25-15-18-28(32-2)19-16-25/h17,20-26,28,32H,3-16,18-19H2,1-2H3. The van der Waals surface area contributed by atoms with Gasteiger partial charge in [-0.1, -0.05) is 57.6 Å². The fourth-order valence-corrected chi connectivity index (χ4v) is 7.38. The van der Waals surface area contributed by atoms with Crippen molar-refractivity contribution < 1.29 is 4.39 Å². The molecule has 0 aliphatic heterocycles. The van der Waals surface area contributed by atoms with Gasteiger partial charge in [0.15, 0.2) is 0 Å². The fraction of sp³-hybridized carbons (Fsp3) is 0.800. The summed E-state index contributed by atoms with van der Waals surface area (Å²) in [4.78, 5) is 0. The maximum Gasteiger partial charge on any atom is 0.126 e. The molecule has 180 valence electrons. The minimum absolute atomic E-state index is 0.0780. The van der Waals surface area contributed by atoms with Gasteiger partial charge in [0.1, 0.15) is 5.82 Å². The van der Waals surface area contributed by atoms with Gasteiger partial charge < -0.3 is 5.32 Å². The van der Waals surface area contributed by atoms with Gasteiger partial charge in [0.25, 0.3) is 0 Å². The summed E-state index contributed by atoms with van der Waals surface area (Å²) in [6.07, 6.45) is 21.4. The van der Waals surface area contributed by atoms with Gasteiger partial charge in [0.2, 0.25) is 0 Å². The van der Waals surface area contributed by atoms with Gasteiger partial charge in [0, 0.05) is 6.04 Å². The van der Waals surface area contributed by atoms with Crippen LogP contribution in [0.25, 0.3) is 0 Å². The summed E-state index contributed by atoms with van der Waals surface area (Å²) in [6.45, 7) is 2.31. The maximum absolute atomic E-state index is 15.1.